The quantitative estimate of drug-likeness (QED) is 0.136. The molecule has 0 spiro atoms. The highest BCUT2D eigenvalue weighted by Gasteiger charge is 2.46. The van der Waals surface area contributed by atoms with Crippen LogP contribution in [-0.4, -0.2) is 0 Å². The maximum absolute atomic E-state index is 6.32. The number of furan rings is 1. The van der Waals surface area contributed by atoms with Gasteiger partial charge in [0, 0.05) is 27.8 Å². The highest BCUT2D eigenvalue weighted by Crippen LogP contribution is 2.58. The van der Waals surface area contributed by atoms with Gasteiger partial charge in [0.1, 0.15) is 11.2 Å². The Hall–Kier alpha value is -9.76. The van der Waals surface area contributed by atoms with E-state index >= 15 is 0 Å². The van der Waals surface area contributed by atoms with Crippen molar-refractivity contribution in [3.05, 3.63) is 320 Å². The molecule has 1 aliphatic rings. The molecule has 352 valence electrons. The fourth-order valence-corrected chi connectivity index (χ4v) is 11.9. The van der Waals surface area contributed by atoms with Crippen LogP contribution < -0.4 is 4.90 Å². The van der Waals surface area contributed by atoms with Crippen molar-refractivity contribution in [2.24, 2.45) is 0 Å². The first-order valence-corrected chi connectivity index (χ1v) is 25.8. The van der Waals surface area contributed by atoms with Gasteiger partial charge in [0.15, 0.2) is 0 Å². The van der Waals surface area contributed by atoms with Crippen LogP contribution in [0.3, 0.4) is 0 Å². The molecule has 0 unspecified atom stereocenters. The maximum Gasteiger partial charge on any atom is 0.136 e. The minimum Gasteiger partial charge on any atom is -0.456 e. The van der Waals surface area contributed by atoms with E-state index in [2.05, 4.69) is 290 Å². The molecule has 0 radical (unpaired) electrons. The van der Waals surface area contributed by atoms with Crippen LogP contribution in [0.15, 0.2) is 302 Å². The smallest absolute Gasteiger partial charge is 0.136 e. The Kier molecular flexibility index (Phi) is 10.8. The molecule has 2 nitrogen and oxygen atoms in total. The molecule has 0 saturated carbocycles. The second kappa shape index (κ2) is 18.4. The number of anilines is 3. The summed E-state index contributed by atoms with van der Waals surface area (Å²) in [6.07, 6.45) is 0. The number of benzene rings is 12. The highest BCUT2D eigenvalue weighted by molar-refractivity contribution is 6.06. The Morgan fingerprint density at radius 3 is 1.24 bits per heavy atom. The van der Waals surface area contributed by atoms with E-state index < -0.39 is 5.41 Å². The van der Waals surface area contributed by atoms with Gasteiger partial charge < -0.3 is 9.32 Å². The number of fused-ring (bicyclic) bond motifs is 6. The summed E-state index contributed by atoms with van der Waals surface area (Å²) in [6, 6.07) is 108. The predicted molar refractivity (Wildman–Crippen MR) is 313 cm³/mol. The minimum absolute atomic E-state index is 0.469. The van der Waals surface area contributed by atoms with Gasteiger partial charge in [0.25, 0.3) is 0 Å². The third kappa shape index (κ3) is 7.58. The topological polar surface area (TPSA) is 16.4 Å². The molecule has 1 aromatic heterocycles. The first kappa shape index (κ1) is 44.0. The van der Waals surface area contributed by atoms with Crippen LogP contribution in [-0.2, 0) is 5.41 Å². The van der Waals surface area contributed by atoms with Gasteiger partial charge in [-0.15, -0.1) is 0 Å². The Morgan fingerprint density at radius 1 is 0.253 bits per heavy atom. The van der Waals surface area contributed by atoms with Crippen LogP contribution in [0.5, 0.6) is 0 Å². The molecule has 0 N–H and O–H groups in total. The van der Waals surface area contributed by atoms with Crippen molar-refractivity contribution >= 4 is 39.0 Å². The monoisotopic (exact) mass is 955 g/mol. The van der Waals surface area contributed by atoms with Gasteiger partial charge in [0.2, 0.25) is 0 Å². The van der Waals surface area contributed by atoms with Crippen molar-refractivity contribution in [3.8, 4) is 66.8 Å². The normalized spacial score (nSPS) is 12.4. The van der Waals surface area contributed by atoms with Crippen LogP contribution in [0, 0.1) is 0 Å². The van der Waals surface area contributed by atoms with E-state index in [4.69, 9.17) is 4.42 Å². The fraction of sp³-hybridized carbons (Fsp3) is 0.0137. The first-order chi connectivity index (χ1) is 37.2. The number of rotatable bonds is 10. The number of hydrogen-bond acceptors (Lipinski definition) is 2. The predicted octanol–water partition coefficient (Wildman–Crippen LogP) is 19.8. The first-order valence-electron chi connectivity index (χ1n) is 25.8. The van der Waals surface area contributed by atoms with E-state index in [-0.39, 0.29) is 0 Å². The number of nitrogens with zero attached hydrogens (tertiary/aromatic N) is 1. The summed E-state index contributed by atoms with van der Waals surface area (Å²) in [7, 11) is 0. The lowest BCUT2D eigenvalue weighted by molar-refractivity contribution is 0.669. The van der Waals surface area contributed by atoms with Crippen molar-refractivity contribution in [2.75, 3.05) is 4.90 Å². The van der Waals surface area contributed by atoms with E-state index in [0.717, 1.165) is 55.7 Å². The zero-order valence-corrected chi connectivity index (χ0v) is 41.1. The summed E-state index contributed by atoms with van der Waals surface area (Å²) in [4.78, 5) is 2.37. The van der Waals surface area contributed by atoms with E-state index in [9.17, 15) is 0 Å². The van der Waals surface area contributed by atoms with Crippen LogP contribution in [0.25, 0.3) is 88.7 Å². The van der Waals surface area contributed by atoms with Gasteiger partial charge >= 0.3 is 0 Å². The van der Waals surface area contributed by atoms with Crippen molar-refractivity contribution in [3.63, 3.8) is 0 Å². The van der Waals surface area contributed by atoms with Gasteiger partial charge in [-0.1, -0.05) is 224 Å². The average molecular weight is 956 g/mol. The number of hydrogen-bond donors (Lipinski definition) is 0. The Balaban J connectivity index is 0.875. The zero-order valence-electron chi connectivity index (χ0n) is 41.1. The van der Waals surface area contributed by atoms with Gasteiger partial charge in [0.05, 0.1) is 5.41 Å². The molecule has 1 aliphatic carbocycles. The zero-order chi connectivity index (χ0) is 49.7. The van der Waals surface area contributed by atoms with Gasteiger partial charge in [-0.05, 0) is 162 Å². The Morgan fingerprint density at radius 2 is 0.667 bits per heavy atom. The van der Waals surface area contributed by atoms with Gasteiger partial charge in [-0.3, -0.25) is 0 Å². The minimum atomic E-state index is -0.469. The van der Waals surface area contributed by atoms with Crippen LogP contribution in [0.4, 0.5) is 17.1 Å². The molecule has 12 aromatic carbocycles. The summed E-state index contributed by atoms with van der Waals surface area (Å²) in [5, 5.41) is 2.26. The molecular formula is C73H49NO. The summed E-state index contributed by atoms with van der Waals surface area (Å²) >= 11 is 0. The molecule has 0 aliphatic heterocycles. The Labute approximate surface area is 437 Å². The molecular weight excluding hydrogens is 907 g/mol. The molecule has 14 rings (SSSR count). The van der Waals surface area contributed by atoms with E-state index in [1.54, 1.807) is 0 Å². The summed E-state index contributed by atoms with van der Waals surface area (Å²) in [5.41, 5.74) is 23.9. The number of para-hydroxylation sites is 1. The molecule has 1 heterocycles. The third-order valence-electron chi connectivity index (χ3n) is 15.4. The van der Waals surface area contributed by atoms with Crippen molar-refractivity contribution in [1.29, 1.82) is 0 Å². The van der Waals surface area contributed by atoms with Crippen LogP contribution in [0.2, 0.25) is 0 Å². The SMILES string of the molecule is c1ccc(-c2cc(-c3ccccc3)cc(-c3ccc(N(c4ccc(-c5ccc6c(c5)oc5ccccc56)cc4)c4ccc(-c5cccc6c5-c5ccccc5C6(c5ccccc5)c5ccccc5)cc4)cc3)c2)cc1. The molecule has 0 bridgehead atoms. The highest BCUT2D eigenvalue weighted by atomic mass is 16.3. The second-order valence-electron chi connectivity index (χ2n) is 19.6. The second-order valence-corrected chi connectivity index (χ2v) is 19.6. The summed E-state index contributed by atoms with van der Waals surface area (Å²) < 4.78 is 6.32. The van der Waals surface area contributed by atoms with Crippen molar-refractivity contribution < 1.29 is 4.42 Å². The lowest BCUT2D eigenvalue weighted by atomic mass is 9.67. The lowest BCUT2D eigenvalue weighted by Gasteiger charge is -2.34. The largest absolute Gasteiger partial charge is 0.456 e. The van der Waals surface area contributed by atoms with E-state index in [1.807, 2.05) is 12.1 Å². The molecule has 0 amide bonds. The molecule has 0 saturated heterocycles. The summed E-state index contributed by atoms with van der Waals surface area (Å²) in [5.74, 6) is 0. The Bertz CT molecular complexity index is 4080. The van der Waals surface area contributed by atoms with Crippen LogP contribution >= 0.6 is 0 Å². The van der Waals surface area contributed by atoms with Gasteiger partial charge in [-0.2, -0.15) is 0 Å². The molecule has 13 aromatic rings. The maximum atomic E-state index is 6.32. The fourth-order valence-electron chi connectivity index (χ4n) is 11.9. The molecule has 2 heteroatoms. The average Bonchev–Trinajstić information content (AvgIpc) is 4.09. The molecule has 0 fully saturated rings. The van der Waals surface area contributed by atoms with Crippen LogP contribution in [0.1, 0.15) is 22.3 Å². The van der Waals surface area contributed by atoms with Crippen molar-refractivity contribution in [1.82, 2.24) is 0 Å². The lowest BCUT2D eigenvalue weighted by Crippen LogP contribution is -2.28. The summed E-state index contributed by atoms with van der Waals surface area (Å²) in [6.45, 7) is 0. The standard InChI is InChI=1S/C73H49NO/c1-5-18-50(19-6-1)56-46-57(51-20-7-2-8-21-51)48-58(47-56)53-34-41-62(42-35-53)74(61-39-32-52(33-40-61)55-38-45-66-65-26-14-16-31-70(65)75-71(66)49-55)63-43-36-54(37-44-63)64-28-17-30-69-72(64)67-27-13-15-29-68(67)73(69,59-22-9-3-10-23-59)60-24-11-4-12-25-60/h1-49H. The van der Waals surface area contributed by atoms with Crippen molar-refractivity contribution in [2.45, 2.75) is 5.41 Å². The molecule has 0 atom stereocenters. The molecule has 75 heavy (non-hydrogen) atoms. The van der Waals surface area contributed by atoms with E-state index in [0.29, 0.717) is 0 Å². The van der Waals surface area contributed by atoms with Gasteiger partial charge in [-0.25, -0.2) is 0 Å². The third-order valence-corrected chi connectivity index (χ3v) is 15.4. The van der Waals surface area contributed by atoms with E-state index in [1.165, 1.54) is 72.3 Å².